The highest BCUT2D eigenvalue weighted by Crippen LogP contribution is 2.22. The maximum Gasteiger partial charge on any atom is 0.251 e. The molecule has 1 atom stereocenters. The highest BCUT2D eigenvalue weighted by molar-refractivity contribution is 5.94. The van der Waals surface area contributed by atoms with Gasteiger partial charge >= 0.3 is 0 Å². The highest BCUT2D eigenvalue weighted by atomic mass is 16.3. The molecule has 3 nitrogen and oxygen atoms in total. The monoisotopic (exact) mass is 263 g/mol. The molecule has 1 unspecified atom stereocenters. The van der Waals surface area contributed by atoms with Crippen LogP contribution in [-0.4, -0.2) is 22.7 Å². The Balaban J connectivity index is 2.85. The van der Waals surface area contributed by atoms with Crippen molar-refractivity contribution >= 4 is 5.91 Å². The van der Waals surface area contributed by atoms with Gasteiger partial charge < -0.3 is 10.4 Å². The first-order valence-corrected chi connectivity index (χ1v) is 6.65. The number of rotatable bonds is 3. The molecule has 0 radical (unpaired) electrons. The minimum absolute atomic E-state index is 0.0773. The van der Waals surface area contributed by atoms with Crippen molar-refractivity contribution < 1.29 is 9.90 Å². The summed E-state index contributed by atoms with van der Waals surface area (Å²) < 4.78 is 0. The van der Waals surface area contributed by atoms with Crippen LogP contribution in [0.2, 0.25) is 0 Å². The predicted octanol–water partition coefficient (Wildman–Crippen LogP) is 2.87. The van der Waals surface area contributed by atoms with E-state index in [1.54, 1.807) is 20.8 Å². The van der Waals surface area contributed by atoms with Gasteiger partial charge in [0.15, 0.2) is 0 Å². The van der Waals surface area contributed by atoms with E-state index in [1.807, 2.05) is 24.3 Å². The Kier molecular flexibility index (Phi) is 4.41. The van der Waals surface area contributed by atoms with E-state index in [1.165, 1.54) is 5.56 Å². The minimum atomic E-state index is -0.639. The first kappa shape index (κ1) is 15.7. The van der Waals surface area contributed by atoms with Crippen molar-refractivity contribution in [2.75, 3.05) is 0 Å². The van der Waals surface area contributed by atoms with E-state index in [2.05, 4.69) is 26.1 Å². The lowest BCUT2D eigenvalue weighted by atomic mass is 9.86. The van der Waals surface area contributed by atoms with Crippen molar-refractivity contribution in [3.05, 3.63) is 35.4 Å². The standard InChI is InChI=1S/C16H25NO2/c1-11(18)16(5,6)17-14(19)12-7-9-13(10-8-12)15(2,3)4/h7-11,18H,1-6H3,(H,17,19). The van der Waals surface area contributed by atoms with E-state index < -0.39 is 11.6 Å². The molecule has 0 saturated heterocycles. The van der Waals surface area contributed by atoms with Gasteiger partial charge in [-0.1, -0.05) is 32.9 Å². The molecule has 0 fully saturated rings. The van der Waals surface area contributed by atoms with Crippen LogP contribution in [0.15, 0.2) is 24.3 Å². The predicted molar refractivity (Wildman–Crippen MR) is 78.4 cm³/mol. The van der Waals surface area contributed by atoms with E-state index in [0.29, 0.717) is 5.56 Å². The Morgan fingerprint density at radius 2 is 1.58 bits per heavy atom. The van der Waals surface area contributed by atoms with Crippen molar-refractivity contribution in [1.82, 2.24) is 5.32 Å². The third-order valence-electron chi connectivity index (χ3n) is 3.49. The molecule has 0 aliphatic rings. The molecule has 19 heavy (non-hydrogen) atoms. The molecular formula is C16H25NO2. The third kappa shape index (κ3) is 4.06. The lowest BCUT2D eigenvalue weighted by molar-refractivity contribution is 0.0709. The topological polar surface area (TPSA) is 49.3 Å². The first-order valence-electron chi connectivity index (χ1n) is 6.65. The lowest BCUT2D eigenvalue weighted by Crippen LogP contribution is -2.50. The summed E-state index contributed by atoms with van der Waals surface area (Å²) in [5.41, 5.74) is 1.24. The van der Waals surface area contributed by atoms with E-state index in [-0.39, 0.29) is 11.3 Å². The molecule has 1 aromatic carbocycles. The number of benzene rings is 1. The summed E-state index contributed by atoms with van der Waals surface area (Å²) in [7, 11) is 0. The number of amides is 1. The van der Waals surface area contributed by atoms with Crippen molar-refractivity contribution in [2.45, 2.75) is 58.6 Å². The normalized spacial score (nSPS) is 14.1. The molecule has 0 aromatic heterocycles. The van der Waals surface area contributed by atoms with Gasteiger partial charge in [-0.05, 0) is 43.9 Å². The maximum absolute atomic E-state index is 12.1. The molecule has 1 amide bonds. The highest BCUT2D eigenvalue weighted by Gasteiger charge is 2.26. The van der Waals surface area contributed by atoms with E-state index >= 15 is 0 Å². The van der Waals surface area contributed by atoms with Gasteiger partial charge in [0.2, 0.25) is 0 Å². The van der Waals surface area contributed by atoms with Crippen LogP contribution in [-0.2, 0) is 5.41 Å². The Bertz CT molecular complexity index is 439. The number of aliphatic hydroxyl groups is 1. The van der Waals surface area contributed by atoms with Gasteiger partial charge in [-0.2, -0.15) is 0 Å². The average molecular weight is 263 g/mol. The molecule has 0 saturated carbocycles. The van der Waals surface area contributed by atoms with Crippen LogP contribution in [0.25, 0.3) is 0 Å². The molecule has 0 aliphatic heterocycles. The van der Waals surface area contributed by atoms with Gasteiger partial charge in [0.25, 0.3) is 5.91 Å². The number of carbonyl (C=O) groups is 1. The van der Waals surface area contributed by atoms with Gasteiger partial charge in [-0.15, -0.1) is 0 Å². The number of hydrogen-bond donors (Lipinski definition) is 2. The Morgan fingerprint density at radius 1 is 1.11 bits per heavy atom. The van der Waals surface area contributed by atoms with Crippen LogP contribution in [0.3, 0.4) is 0 Å². The summed E-state index contributed by atoms with van der Waals surface area (Å²) in [4.78, 5) is 12.1. The van der Waals surface area contributed by atoms with Crippen molar-refractivity contribution in [3.63, 3.8) is 0 Å². The number of aliphatic hydroxyl groups excluding tert-OH is 1. The number of carbonyl (C=O) groups excluding carboxylic acids is 1. The summed E-state index contributed by atoms with van der Waals surface area (Å²) in [5, 5.41) is 12.5. The van der Waals surface area contributed by atoms with Crippen molar-refractivity contribution in [3.8, 4) is 0 Å². The SMILES string of the molecule is CC(O)C(C)(C)NC(=O)c1ccc(C(C)(C)C)cc1. The van der Waals surface area contributed by atoms with Crippen LogP contribution >= 0.6 is 0 Å². The zero-order chi connectivity index (χ0) is 14.8. The summed E-state index contributed by atoms with van der Waals surface area (Å²) in [5.74, 6) is -0.161. The van der Waals surface area contributed by atoms with E-state index in [4.69, 9.17) is 0 Å². The van der Waals surface area contributed by atoms with Gasteiger partial charge in [-0.3, -0.25) is 4.79 Å². The number of nitrogens with one attached hydrogen (secondary N) is 1. The zero-order valence-corrected chi connectivity index (χ0v) is 12.7. The van der Waals surface area contributed by atoms with Crippen LogP contribution in [0.1, 0.15) is 57.5 Å². The Morgan fingerprint density at radius 3 is 1.95 bits per heavy atom. The quantitative estimate of drug-likeness (QED) is 0.881. The molecule has 0 heterocycles. The summed E-state index contributed by atoms with van der Waals surface area (Å²) in [6.07, 6.45) is -0.606. The fourth-order valence-corrected chi connectivity index (χ4v) is 1.59. The Labute approximate surface area is 116 Å². The molecule has 1 aromatic rings. The lowest BCUT2D eigenvalue weighted by Gasteiger charge is -2.29. The van der Waals surface area contributed by atoms with Crippen LogP contribution in [0, 0.1) is 0 Å². The van der Waals surface area contributed by atoms with Crippen LogP contribution < -0.4 is 5.32 Å². The zero-order valence-electron chi connectivity index (χ0n) is 12.7. The third-order valence-corrected chi connectivity index (χ3v) is 3.49. The molecular weight excluding hydrogens is 238 g/mol. The number of hydrogen-bond acceptors (Lipinski definition) is 2. The van der Waals surface area contributed by atoms with Crippen molar-refractivity contribution in [2.24, 2.45) is 0 Å². The molecule has 0 spiro atoms. The van der Waals surface area contributed by atoms with Gasteiger partial charge in [0.05, 0.1) is 11.6 Å². The summed E-state index contributed by atoms with van der Waals surface area (Å²) in [6, 6.07) is 7.61. The van der Waals surface area contributed by atoms with Gasteiger partial charge in [-0.25, -0.2) is 0 Å². The van der Waals surface area contributed by atoms with E-state index in [0.717, 1.165) is 0 Å². The molecule has 2 N–H and O–H groups in total. The summed E-state index contributed by atoms with van der Waals surface area (Å²) in [6.45, 7) is 11.7. The Hall–Kier alpha value is -1.35. The molecule has 106 valence electrons. The molecule has 0 aliphatic carbocycles. The minimum Gasteiger partial charge on any atom is -0.391 e. The van der Waals surface area contributed by atoms with Gasteiger partial charge in [0, 0.05) is 5.56 Å². The second-order valence-corrected chi connectivity index (χ2v) is 6.68. The van der Waals surface area contributed by atoms with Crippen LogP contribution in [0.4, 0.5) is 0 Å². The van der Waals surface area contributed by atoms with Gasteiger partial charge in [0.1, 0.15) is 0 Å². The first-order chi connectivity index (χ1) is 8.54. The van der Waals surface area contributed by atoms with E-state index in [9.17, 15) is 9.90 Å². The summed E-state index contributed by atoms with van der Waals surface area (Å²) >= 11 is 0. The second kappa shape index (κ2) is 5.33. The molecule has 0 bridgehead atoms. The maximum atomic E-state index is 12.1. The fraction of sp³-hybridized carbons (Fsp3) is 0.562. The molecule has 1 rings (SSSR count). The average Bonchev–Trinajstić information content (AvgIpc) is 2.27. The van der Waals surface area contributed by atoms with Crippen LogP contribution in [0.5, 0.6) is 0 Å². The van der Waals surface area contributed by atoms with Crippen molar-refractivity contribution in [1.29, 1.82) is 0 Å². The smallest absolute Gasteiger partial charge is 0.251 e. The largest absolute Gasteiger partial charge is 0.391 e. The fourth-order valence-electron chi connectivity index (χ4n) is 1.59. The molecule has 3 heteroatoms. The second-order valence-electron chi connectivity index (χ2n) is 6.68.